The van der Waals surface area contributed by atoms with Crippen LogP contribution in [-0.4, -0.2) is 36.8 Å². The van der Waals surface area contributed by atoms with Crippen molar-refractivity contribution in [2.45, 2.75) is 19.3 Å². The Labute approximate surface area is 107 Å². The number of anilines is 2. The van der Waals surface area contributed by atoms with Gasteiger partial charge in [0.05, 0.1) is 7.11 Å². The molecule has 100 valence electrons. The first-order chi connectivity index (χ1) is 8.78. The first-order valence-electron chi connectivity index (χ1n) is 6.28. The predicted molar refractivity (Wildman–Crippen MR) is 69.6 cm³/mol. The van der Waals surface area contributed by atoms with Crippen molar-refractivity contribution in [1.82, 2.24) is 9.97 Å². The van der Waals surface area contributed by atoms with Gasteiger partial charge in [-0.25, -0.2) is 0 Å². The summed E-state index contributed by atoms with van der Waals surface area (Å²) >= 11 is 0. The number of nitrogen functional groups attached to an aromatic ring is 1. The molecule has 0 bridgehead atoms. The van der Waals surface area contributed by atoms with Crippen LogP contribution in [0.5, 0.6) is 5.88 Å². The molecule has 0 aromatic carbocycles. The molecule has 1 aromatic heterocycles. The zero-order valence-electron chi connectivity index (χ0n) is 10.7. The SMILES string of the molecule is COc1cc(NCC[C@H]2CCCOC2)nc(N)n1. The topological polar surface area (TPSA) is 82.3 Å². The van der Waals surface area contributed by atoms with Crippen molar-refractivity contribution in [3.63, 3.8) is 0 Å². The number of nitrogens with zero attached hydrogens (tertiary/aromatic N) is 2. The Kier molecular flexibility index (Phi) is 4.58. The summed E-state index contributed by atoms with van der Waals surface area (Å²) < 4.78 is 10.5. The van der Waals surface area contributed by atoms with Gasteiger partial charge in [0.25, 0.3) is 0 Å². The maximum Gasteiger partial charge on any atom is 0.225 e. The molecule has 1 aromatic rings. The molecule has 0 saturated carbocycles. The predicted octanol–water partition coefficient (Wildman–Crippen LogP) is 1.30. The molecule has 0 aliphatic carbocycles. The first-order valence-corrected chi connectivity index (χ1v) is 6.28. The molecule has 2 rings (SSSR count). The molecule has 3 N–H and O–H groups in total. The van der Waals surface area contributed by atoms with E-state index < -0.39 is 0 Å². The van der Waals surface area contributed by atoms with Gasteiger partial charge in [-0.2, -0.15) is 9.97 Å². The normalized spacial score (nSPS) is 19.5. The van der Waals surface area contributed by atoms with Gasteiger partial charge in [0.2, 0.25) is 11.8 Å². The number of nitrogens with one attached hydrogen (secondary N) is 1. The minimum atomic E-state index is 0.220. The number of aromatic nitrogens is 2. The summed E-state index contributed by atoms with van der Waals surface area (Å²) in [7, 11) is 1.56. The Morgan fingerprint density at radius 2 is 2.44 bits per heavy atom. The van der Waals surface area contributed by atoms with E-state index in [4.69, 9.17) is 15.2 Å². The van der Waals surface area contributed by atoms with Crippen LogP contribution in [0.25, 0.3) is 0 Å². The molecule has 2 heterocycles. The molecule has 1 saturated heterocycles. The smallest absolute Gasteiger partial charge is 0.225 e. The molecule has 6 nitrogen and oxygen atoms in total. The molecule has 1 aliphatic heterocycles. The van der Waals surface area contributed by atoms with E-state index in [1.165, 1.54) is 12.8 Å². The molecular formula is C12H20N4O2. The van der Waals surface area contributed by atoms with Crippen LogP contribution in [0.1, 0.15) is 19.3 Å². The Morgan fingerprint density at radius 1 is 1.56 bits per heavy atom. The van der Waals surface area contributed by atoms with Gasteiger partial charge in [0, 0.05) is 25.8 Å². The number of rotatable bonds is 5. The largest absolute Gasteiger partial charge is 0.481 e. The quantitative estimate of drug-likeness (QED) is 0.822. The molecule has 1 aliphatic rings. The highest BCUT2D eigenvalue weighted by Crippen LogP contribution is 2.18. The average molecular weight is 252 g/mol. The fraction of sp³-hybridized carbons (Fsp3) is 0.667. The minimum Gasteiger partial charge on any atom is -0.481 e. The molecule has 1 atom stereocenters. The number of nitrogens with two attached hydrogens (primary N) is 1. The van der Waals surface area contributed by atoms with Crippen LogP contribution in [0, 0.1) is 5.92 Å². The lowest BCUT2D eigenvalue weighted by atomic mass is 9.99. The van der Waals surface area contributed by atoms with Gasteiger partial charge in [-0.15, -0.1) is 0 Å². The molecule has 1 fully saturated rings. The number of methoxy groups -OCH3 is 1. The molecule has 18 heavy (non-hydrogen) atoms. The van der Waals surface area contributed by atoms with Gasteiger partial charge >= 0.3 is 0 Å². The van der Waals surface area contributed by atoms with Crippen LogP contribution in [0.2, 0.25) is 0 Å². The Bertz CT molecular complexity index is 380. The first kappa shape index (κ1) is 12.9. The van der Waals surface area contributed by atoms with Gasteiger partial charge < -0.3 is 20.5 Å². The van der Waals surface area contributed by atoms with Crippen molar-refractivity contribution in [2.24, 2.45) is 5.92 Å². The average Bonchev–Trinajstić information content (AvgIpc) is 2.39. The third-order valence-electron chi connectivity index (χ3n) is 3.04. The van der Waals surface area contributed by atoms with E-state index in [0.717, 1.165) is 26.2 Å². The van der Waals surface area contributed by atoms with Crippen molar-refractivity contribution < 1.29 is 9.47 Å². The summed E-state index contributed by atoms with van der Waals surface area (Å²) in [5.74, 6) is 2.05. The van der Waals surface area contributed by atoms with Gasteiger partial charge in [-0.1, -0.05) is 0 Å². The second-order valence-electron chi connectivity index (χ2n) is 4.45. The maximum absolute atomic E-state index is 5.59. The third-order valence-corrected chi connectivity index (χ3v) is 3.04. The second-order valence-corrected chi connectivity index (χ2v) is 4.45. The highest BCUT2D eigenvalue weighted by atomic mass is 16.5. The van der Waals surface area contributed by atoms with Gasteiger partial charge in [0.1, 0.15) is 5.82 Å². The van der Waals surface area contributed by atoms with Crippen LogP contribution in [0.3, 0.4) is 0 Å². The number of hydrogen-bond acceptors (Lipinski definition) is 6. The van der Waals surface area contributed by atoms with Crippen molar-refractivity contribution in [2.75, 3.05) is 37.9 Å². The lowest BCUT2D eigenvalue weighted by Gasteiger charge is -2.22. The van der Waals surface area contributed by atoms with E-state index in [1.54, 1.807) is 13.2 Å². The number of hydrogen-bond donors (Lipinski definition) is 2. The molecular weight excluding hydrogens is 232 g/mol. The van der Waals surface area contributed by atoms with Crippen LogP contribution in [-0.2, 0) is 4.74 Å². The van der Waals surface area contributed by atoms with E-state index in [2.05, 4.69) is 15.3 Å². The monoisotopic (exact) mass is 252 g/mol. The second kappa shape index (κ2) is 6.39. The summed E-state index contributed by atoms with van der Waals surface area (Å²) in [6.45, 7) is 2.63. The fourth-order valence-electron chi connectivity index (χ4n) is 2.08. The van der Waals surface area contributed by atoms with Crippen LogP contribution >= 0.6 is 0 Å². The standard InChI is InChI=1S/C12H20N4O2/c1-17-11-7-10(15-12(13)16-11)14-5-4-9-3-2-6-18-8-9/h7,9H,2-6,8H2,1H3,(H3,13,14,15,16)/t9-/m1/s1. The van der Waals surface area contributed by atoms with E-state index in [1.807, 2.05) is 0 Å². The Morgan fingerprint density at radius 3 is 3.17 bits per heavy atom. The molecule has 0 spiro atoms. The Balaban J connectivity index is 1.80. The van der Waals surface area contributed by atoms with Crippen molar-refractivity contribution in [3.8, 4) is 5.88 Å². The van der Waals surface area contributed by atoms with E-state index in [-0.39, 0.29) is 5.95 Å². The highest BCUT2D eigenvalue weighted by Gasteiger charge is 2.13. The van der Waals surface area contributed by atoms with Gasteiger partial charge in [-0.3, -0.25) is 0 Å². The van der Waals surface area contributed by atoms with Crippen molar-refractivity contribution in [1.29, 1.82) is 0 Å². The van der Waals surface area contributed by atoms with E-state index >= 15 is 0 Å². The summed E-state index contributed by atoms with van der Waals surface area (Å²) in [6.07, 6.45) is 3.49. The number of ether oxygens (including phenoxy) is 2. The fourth-order valence-corrected chi connectivity index (χ4v) is 2.08. The molecule has 0 amide bonds. The lowest BCUT2D eigenvalue weighted by Crippen LogP contribution is -2.20. The maximum atomic E-state index is 5.59. The summed E-state index contributed by atoms with van der Waals surface area (Å²) in [5, 5.41) is 3.24. The molecule has 0 radical (unpaired) electrons. The third kappa shape index (κ3) is 3.73. The van der Waals surface area contributed by atoms with Crippen LogP contribution in [0.4, 0.5) is 11.8 Å². The molecule has 0 unspecified atom stereocenters. The van der Waals surface area contributed by atoms with Crippen LogP contribution in [0.15, 0.2) is 6.07 Å². The molecule has 6 heteroatoms. The summed E-state index contributed by atoms with van der Waals surface area (Å²) in [5.41, 5.74) is 5.59. The lowest BCUT2D eigenvalue weighted by molar-refractivity contribution is 0.0530. The highest BCUT2D eigenvalue weighted by molar-refractivity contribution is 5.42. The van der Waals surface area contributed by atoms with Gasteiger partial charge in [0.15, 0.2) is 0 Å². The van der Waals surface area contributed by atoms with E-state index in [0.29, 0.717) is 17.6 Å². The van der Waals surface area contributed by atoms with E-state index in [9.17, 15) is 0 Å². The summed E-state index contributed by atoms with van der Waals surface area (Å²) in [4.78, 5) is 8.04. The zero-order valence-corrected chi connectivity index (χ0v) is 10.7. The van der Waals surface area contributed by atoms with Crippen LogP contribution < -0.4 is 15.8 Å². The van der Waals surface area contributed by atoms with Crippen molar-refractivity contribution in [3.05, 3.63) is 6.07 Å². The summed E-state index contributed by atoms with van der Waals surface area (Å²) in [6, 6.07) is 1.74. The Hall–Kier alpha value is -1.56. The minimum absolute atomic E-state index is 0.220. The van der Waals surface area contributed by atoms with Gasteiger partial charge in [-0.05, 0) is 25.2 Å². The zero-order chi connectivity index (χ0) is 12.8. The van der Waals surface area contributed by atoms with Crippen molar-refractivity contribution >= 4 is 11.8 Å².